The minimum Gasteiger partial charge on any atom is -0.390 e. The van der Waals surface area contributed by atoms with Gasteiger partial charge in [-0.3, -0.25) is 0 Å². The number of nitrogens with zero attached hydrogens (tertiary/aromatic N) is 1. The Balaban J connectivity index is 2.18. The van der Waals surface area contributed by atoms with Gasteiger partial charge in [0, 0.05) is 13.1 Å². The second-order valence-electron chi connectivity index (χ2n) is 5.02. The van der Waals surface area contributed by atoms with Gasteiger partial charge in [0.25, 0.3) is 0 Å². The van der Waals surface area contributed by atoms with Gasteiger partial charge in [-0.1, -0.05) is 38.1 Å². The molecule has 1 aromatic carbocycles. The molecule has 0 aliphatic rings. The van der Waals surface area contributed by atoms with Crippen molar-refractivity contribution in [1.82, 2.24) is 10.2 Å². The first-order valence-electron chi connectivity index (χ1n) is 7.33. The molecule has 108 valence electrons. The molecule has 0 fully saturated rings. The van der Waals surface area contributed by atoms with E-state index in [1.54, 1.807) is 0 Å². The van der Waals surface area contributed by atoms with Crippen LogP contribution in [0.1, 0.15) is 25.0 Å². The Labute approximate surface area is 117 Å². The van der Waals surface area contributed by atoms with Crippen molar-refractivity contribution in [3.05, 3.63) is 35.4 Å². The van der Waals surface area contributed by atoms with Gasteiger partial charge < -0.3 is 15.3 Å². The normalized spacial score (nSPS) is 12.9. The molecule has 2 N–H and O–H groups in total. The van der Waals surface area contributed by atoms with Crippen molar-refractivity contribution in [3.8, 4) is 0 Å². The summed E-state index contributed by atoms with van der Waals surface area (Å²) in [5.74, 6) is 0. The summed E-state index contributed by atoms with van der Waals surface area (Å²) in [7, 11) is 0. The SMILES string of the molecule is CCN(CC)CC(O)CNCCc1ccccc1C. The minimum atomic E-state index is -0.281. The molecule has 0 radical (unpaired) electrons. The topological polar surface area (TPSA) is 35.5 Å². The highest BCUT2D eigenvalue weighted by Crippen LogP contribution is 2.06. The first-order valence-corrected chi connectivity index (χ1v) is 7.33. The molecule has 0 saturated carbocycles. The van der Waals surface area contributed by atoms with Gasteiger partial charge >= 0.3 is 0 Å². The molecular weight excluding hydrogens is 236 g/mol. The number of hydrogen-bond donors (Lipinski definition) is 2. The van der Waals surface area contributed by atoms with Gasteiger partial charge in [-0.15, -0.1) is 0 Å². The number of rotatable bonds is 9. The Morgan fingerprint density at radius 2 is 1.89 bits per heavy atom. The van der Waals surface area contributed by atoms with Crippen molar-refractivity contribution in [1.29, 1.82) is 0 Å². The minimum absolute atomic E-state index is 0.281. The lowest BCUT2D eigenvalue weighted by molar-refractivity contribution is 0.117. The van der Waals surface area contributed by atoms with Crippen molar-refractivity contribution in [2.45, 2.75) is 33.3 Å². The number of likely N-dealkylation sites (N-methyl/N-ethyl adjacent to an activating group) is 1. The summed E-state index contributed by atoms with van der Waals surface area (Å²) >= 11 is 0. The molecule has 0 aromatic heterocycles. The van der Waals surface area contributed by atoms with E-state index in [2.05, 4.69) is 55.3 Å². The van der Waals surface area contributed by atoms with E-state index in [1.807, 2.05) is 0 Å². The van der Waals surface area contributed by atoms with E-state index in [4.69, 9.17) is 0 Å². The highest BCUT2D eigenvalue weighted by molar-refractivity contribution is 5.25. The van der Waals surface area contributed by atoms with Crippen LogP contribution < -0.4 is 5.32 Å². The molecule has 0 aliphatic heterocycles. The van der Waals surface area contributed by atoms with Crippen LogP contribution >= 0.6 is 0 Å². The predicted octanol–water partition coefficient (Wildman–Crippen LogP) is 1.83. The summed E-state index contributed by atoms with van der Waals surface area (Å²) in [6.07, 6.45) is 0.738. The van der Waals surface area contributed by atoms with E-state index < -0.39 is 0 Å². The molecule has 3 nitrogen and oxygen atoms in total. The summed E-state index contributed by atoms with van der Waals surface area (Å²) in [5, 5.41) is 13.3. The Bertz CT molecular complexity index is 350. The third-order valence-corrected chi connectivity index (χ3v) is 3.58. The maximum Gasteiger partial charge on any atom is 0.0791 e. The van der Waals surface area contributed by atoms with Crippen LogP contribution in [0.3, 0.4) is 0 Å². The molecule has 1 aromatic rings. The highest BCUT2D eigenvalue weighted by Gasteiger charge is 2.08. The van der Waals surface area contributed by atoms with Crippen LogP contribution in [0.25, 0.3) is 0 Å². The van der Waals surface area contributed by atoms with Crippen molar-refractivity contribution < 1.29 is 5.11 Å². The van der Waals surface area contributed by atoms with Gasteiger partial charge in [-0.2, -0.15) is 0 Å². The van der Waals surface area contributed by atoms with E-state index >= 15 is 0 Å². The largest absolute Gasteiger partial charge is 0.390 e. The van der Waals surface area contributed by atoms with E-state index in [0.717, 1.165) is 32.6 Å². The average Bonchev–Trinajstić information content (AvgIpc) is 2.42. The van der Waals surface area contributed by atoms with Crippen molar-refractivity contribution in [3.63, 3.8) is 0 Å². The summed E-state index contributed by atoms with van der Waals surface area (Å²) in [4.78, 5) is 2.24. The first-order chi connectivity index (χ1) is 9.17. The first kappa shape index (κ1) is 16.2. The summed E-state index contributed by atoms with van der Waals surface area (Å²) in [6, 6.07) is 8.46. The molecule has 0 heterocycles. The average molecular weight is 264 g/mol. The quantitative estimate of drug-likeness (QED) is 0.668. The Morgan fingerprint density at radius 1 is 1.21 bits per heavy atom. The zero-order valence-corrected chi connectivity index (χ0v) is 12.5. The van der Waals surface area contributed by atoms with Crippen LogP contribution in [0.15, 0.2) is 24.3 Å². The predicted molar refractivity (Wildman–Crippen MR) is 81.5 cm³/mol. The molecule has 3 heteroatoms. The Kier molecular flexibility index (Phi) is 7.72. The lowest BCUT2D eigenvalue weighted by Gasteiger charge is -2.22. The number of benzene rings is 1. The van der Waals surface area contributed by atoms with Gasteiger partial charge in [0.15, 0.2) is 0 Å². The molecule has 1 rings (SSSR count). The maximum absolute atomic E-state index is 9.93. The second kappa shape index (κ2) is 9.08. The zero-order valence-electron chi connectivity index (χ0n) is 12.5. The van der Waals surface area contributed by atoms with Crippen molar-refractivity contribution in [2.75, 3.05) is 32.7 Å². The van der Waals surface area contributed by atoms with Crippen molar-refractivity contribution >= 4 is 0 Å². The number of hydrogen-bond acceptors (Lipinski definition) is 3. The Hall–Kier alpha value is -0.900. The van der Waals surface area contributed by atoms with E-state index in [1.165, 1.54) is 11.1 Å². The van der Waals surface area contributed by atoms with E-state index in [-0.39, 0.29) is 6.10 Å². The van der Waals surface area contributed by atoms with Crippen LogP contribution in [-0.4, -0.2) is 48.8 Å². The summed E-state index contributed by atoms with van der Waals surface area (Å²) < 4.78 is 0. The van der Waals surface area contributed by atoms with Crippen molar-refractivity contribution in [2.24, 2.45) is 0 Å². The number of aryl methyl sites for hydroxylation is 1. The van der Waals surface area contributed by atoms with Crippen LogP contribution in [0, 0.1) is 6.92 Å². The van der Waals surface area contributed by atoms with E-state index in [0.29, 0.717) is 6.54 Å². The molecule has 0 spiro atoms. The molecule has 1 atom stereocenters. The molecular formula is C16H28N2O. The fourth-order valence-corrected chi connectivity index (χ4v) is 2.23. The molecule has 0 bridgehead atoms. The number of nitrogens with one attached hydrogen (secondary N) is 1. The molecule has 0 aliphatic carbocycles. The lowest BCUT2D eigenvalue weighted by atomic mass is 10.1. The monoisotopic (exact) mass is 264 g/mol. The maximum atomic E-state index is 9.93. The summed E-state index contributed by atoms with van der Waals surface area (Å²) in [5.41, 5.74) is 2.72. The smallest absolute Gasteiger partial charge is 0.0791 e. The van der Waals surface area contributed by atoms with Gasteiger partial charge in [0.05, 0.1) is 6.10 Å². The van der Waals surface area contributed by atoms with Crippen LogP contribution in [0.4, 0.5) is 0 Å². The van der Waals surface area contributed by atoms with Gasteiger partial charge in [0.1, 0.15) is 0 Å². The Morgan fingerprint density at radius 3 is 2.53 bits per heavy atom. The fourth-order valence-electron chi connectivity index (χ4n) is 2.23. The summed E-state index contributed by atoms with van der Waals surface area (Å²) in [6.45, 7) is 10.7. The fraction of sp³-hybridized carbons (Fsp3) is 0.625. The standard InChI is InChI=1S/C16H28N2O/c1-4-18(5-2)13-16(19)12-17-11-10-15-9-7-6-8-14(15)3/h6-9,16-17,19H,4-5,10-13H2,1-3H3. The third-order valence-electron chi connectivity index (χ3n) is 3.58. The van der Waals surface area contributed by atoms with Gasteiger partial charge in [-0.05, 0) is 44.1 Å². The van der Waals surface area contributed by atoms with Crippen LogP contribution in [-0.2, 0) is 6.42 Å². The third kappa shape index (κ3) is 6.19. The molecule has 0 saturated heterocycles. The highest BCUT2D eigenvalue weighted by atomic mass is 16.3. The number of aliphatic hydroxyl groups excluding tert-OH is 1. The van der Waals surface area contributed by atoms with E-state index in [9.17, 15) is 5.11 Å². The van der Waals surface area contributed by atoms with Crippen LogP contribution in [0.2, 0.25) is 0 Å². The second-order valence-corrected chi connectivity index (χ2v) is 5.02. The molecule has 0 amide bonds. The molecule has 1 unspecified atom stereocenters. The zero-order chi connectivity index (χ0) is 14.1. The lowest BCUT2D eigenvalue weighted by Crippen LogP contribution is -2.38. The van der Waals surface area contributed by atoms with Gasteiger partial charge in [-0.25, -0.2) is 0 Å². The van der Waals surface area contributed by atoms with Crippen LogP contribution in [0.5, 0.6) is 0 Å². The molecule has 19 heavy (non-hydrogen) atoms. The van der Waals surface area contributed by atoms with Gasteiger partial charge in [0.2, 0.25) is 0 Å². The number of aliphatic hydroxyl groups is 1.